The Kier molecular flexibility index (Phi) is 8.23. The number of carbonyl (C=O) groups is 1. The lowest BCUT2D eigenvalue weighted by Crippen LogP contribution is -2.57. The van der Waals surface area contributed by atoms with E-state index in [0.29, 0.717) is 36.2 Å². The lowest BCUT2D eigenvalue weighted by molar-refractivity contribution is -0.140. The molecule has 0 aliphatic carbocycles. The zero-order valence-electron chi connectivity index (χ0n) is 24.1. The quantitative estimate of drug-likeness (QED) is 0.332. The van der Waals surface area contributed by atoms with E-state index in [9.17, 15) is 18.0 Å². The molecule has 0 spiro atoms. The number of aromatic nitrogens is 6. The molecule has 0 bridgehead atoms. The molecule has 10 nitrogen and oxygen atoms in total. The first kappa shape index (κ1) is 30.5. The van der Waals surface area contributed by atoms with Gasteiger partial charge in [0.1, 0.15) is 11.6 Å². The van der Waals surface area contributed by atoms with E-state index in [-0.39, 0.29) is 47.2 Å². The molecule has 5 heterocycles. The Morgan fingerprint density at radius 1 is 1.09 bits per heavy atom. The Hall–Kier alpha value is -3.97. The molecule has 0 radical (unpaired) electrons. The molecule has 4 aromatic rings. The predicted molar refractivity (Wildman–Crippen MR) is 156 cm³/mol. The van der Waals surface area contributed by atoms with Crippen molar-refractivity contribution in [2.24, 2.45) is 13.0 Å². The first-order valence-electron chi connectivity index (χ1n) is 13.7. The number of nitrogens with zero attached hydrogens (tertiary/aromatic N) is 7. The highest BCUT2D eigenvalue weighted by atomic mass is 35.5. The van der Waals surface area contributed by atoms with Crippen molar-refractivity contribution in [1.29, 1.82) is 0 Å². The highest BCUT2D eigenvalue weighted by Crippen LogP contribution is 2.44. The minimum Gasteiger partial charge on any atom is -0.491 e. The highest BCUT2D eigenvalue weighted by molar-refractivity contribution is 6.04. The fourth-order valence-corrected chi connectivity index (χ4v) is 5.55. The van der Waals surface area contributed by atoms with Gasteiger partial charge in [0, 0.05) is 80.2 Å². The molecule has 0 amide bonds. The maximum absolute atomic E-state index is 14.0. The summed E-state index contributed by atoms with van der Waals surface area (Å²) >= 11 is 0. The number of benzene rings is 1. The minimum atomic E-state index is -4.69. The lowest BCUT2D eigenvalue weighted by Gasteiger charge is -2.39. The molecule has 0 unspecified atom stereocenters. The number of rotatable bonds is 7. The van der Waals surface area contributed by atoms with Crippen LogP contribution in [0.4, 0.5) is 19.1 Å². The van der Waals surface area contributed by atoms with Crippen molar-refractivity contribution in [3.05, 3.63) is 70.8 Å². The van der Waals surface area contributed by atoms with Gasteiger partial charge in [0.15, 0.2) is 11.5 Å². The van der Waals surface area contributed by atoms with E-state index in [1.165, 1.54) is 13.2 Å². The summed E-state index contributed by atoms with van der Waals surface area (Å²) in [5.74, 6) is 0.744. The second kappa shape index (κ2) is 11.6. The van der Waals surface area contributed by atoms with E-state index in [1.807, 2.05) is 31.5 Å². The summed E-state index contributed by atoms with van der Waals surface area (Å²) in [7, 11) is 3.35. The molecule has 43 heavy (non-hydrogen) atoms. The summed E-state index contributed by atoms with van der Waals surface area (Å²) in [6.07, 6.45) is 0.377. The van der Waals surface area contributed by atoms with Gasteiger partial charge in [-0.05, 0) is 44.7 Å². The van der Waals surface area contributed by atoms with Crippen molar-refractivity contribution < 1.29 is 22.7 Å². The average molecular weight is 617 g/mol. The monoisotopic (exact) mass is 616 g/mol. The number of Topliss-reactive ketones (excluding diaryl/α,β-unsaturated/α-hetero) is 1. The van der Waals surface area contributed by atoms with Gasteiger partial charge in [-0.1, -0.05) is 0 Å². The maximum Gasteiger partial charge on any atom is 0.435 e. The second-order valence-corrected chi connectivity index (χ2v) is 11.0. The summed E-state index contributed by atoms with van der Waals surface area (Å²) in [6, 6.07) is 5.60. The molecule has 14 heteroatoms. The number of imidazole rings is 1. The van der Waals surface area contributed by atoms with Gasteiger partial charge in [-0.15, -0.1) is 12.4 Å². The van der Waals surface area contributed by atoms with Crippen LogP contribution in [-0.2, 0) is 26.2 Å². The van der Waals surface area contributed by atoms with Crippen LogP contribution in [0.25, 0.3) is 11.1 Å². The number of nitrogens with one attached hydrogen (secondary N) is 1. The molecule has 2 aliphatic heterocycles. The number of likely N-dealkylation sites (N-methyl/N-ethyl adjacent to an activating group) is 1. The van der Waals surface area contributed by atoms with Crippen LogP contribution in [-0.4, -0.2) is 67.9 Å². The van der Waals surface area contributed by atoms with Crippen LogP contribution >= 0.6 is 12.4 Å². The summed E-state index contributed by atoms with van der Waals surface area (Å²) in [5.41, 5.74) is 1.43. The lowest BCUT2D eigenvalue weighted by atomic mass is 9.87. The van der Waals surface area contributed by atoms with Crippen LogP contribution in [0, 0.1) is 19.8 Å². The summed E-state index contributed by atoms with van der Waals surface area (Å²) < 4.78 is 51.1. The Balaban J connectivity index is 0.00000368. The molecule has 228 valence electrons. The third-order valence-electron chi connectivity index (χ3n) is 7.80. The van der Waals surface area contributed by atoms with E-state index in [1.54, 1.807) is 24.5 Å². The largest absolute Gasteiger partial charge is 0.491 e. The van der Waals surface area contributed by atoms with E-state index in [0.717, 1.165) is 29.3 Å². The summed E-state index contributed by atoms with van der Waals surface area (Å²) in [6.45, 7) is 5.67. The van der Waals surface area contributed by atoms with Gasteiger partial charge in [-0.25, -0.2) is 15.0 Å². The van der Waals surface area contributed by atoms with Crippen molar-refractivity contribution in [3.63, 3.8) is 0 Å². The van der Waals surface area contributed by atoms with Gasteiger partial charge >= 0.3 is 6.18 Å². The Bertz CT molecular complexity index is 1660. The SMILES string of the molecule is CNC1CN(c2nc(C)cc(C[C@H]3COc4c(cc(Cn5ccnc5C)cc4-c4cn(C)nc4C(F)(F)F)C3=O)n2)C1.Cl. The van der Waals surface area contributed by atoms with Crippen molar-refractivity contribution in [2.75, 3.05) is 31.6 Å². The van der Waals surface area contributed by atoms with Gasteiger partial charge in [-0.3, -0.25) is 9.48 Å². The molecule has 1 saturated heterocycles. The van der Waals surface area contributed by atoms with Gasteiger partial charge in [0.05, 0.1) is 18.1 Å². The Morgan fingerprint density at radius 3 is 2.51 bits per heavy atom. The van der Waals surface area contributed by atoms with E-state index < -0.39 is 17.8 Å². The molecule has 1 N–H and O–H groups in total. The van der Waals surface area contributed by atoms with E-state index in [4.69, 9.17) is 9.72 Å². The normalized spacial score (nSPS) is 16.9. The van der Waals surface area contributed by atoms with Crippen LogP contribution < -0.4 is 15.0 Å². The van der Waals surface area contributed by atoms with Gasteiger partial charge < -0.3 is 19.5 Å². The van der Waals surface area contributed by atoms with Gasteiger partial charge in [-0.2, -0.15) is 18.3 Å². The molecular formula is C29H32ClF3N8O2. The molecule has 0 saturated carbocycles. The van der Waals surface area contributed by atoms with E-state index >= 15 is 0 Å². The minimum absolute atomic E-state index is 0. The average Bonchev–Trinajstić information content (AvgIpc) is 3.49. The third-order valence-corrected chi connectivity index (χ3v) is 7.80. The van der Waals surface area contributed by atoms with Crippen LogP contribution in [0.5, 0.6) is 5.75 Å². The number of halogens is 4. The fourth-order valence-electron chi connectivity index (χ4n) is 5.55. The van der Waals surface area contributed by atoms with Crippen molar-refractivity contribution in [1.82, 2.24) is 34.6 Å². The highest BCUT2D eigenvalue weighted by Gasteiger charge is 2.40. The number of hydrogen-bond donors (Lipinski definition) is 1. The maximum atomic E-state index is 14.0. The third kappa shape index (κ3) is 5.96. The topological polar surface area (TPSA) is 103 Å². The number of anilines is 1. The number of hydrogen-bond acceptors (Lipinski definition) is 8. The van der Waals surface area contributed by atoms with Crippen molar-refractivity contribution >= 4 is 24.1 Å². The number of fused-ring (bicyclic) bond motifs is 1. The Morgan fingerprint density at radius 2 is 1.84 bits per heavy atom. The summed E-state index contributed by atoms with van der Waals surface area (Å²) in [4.78, 5) is 29.6. The molecule has 6 rings (SSSR count). The van der Waals surface area contributed by atoms with E-state index in [2.05, 4.69) is 25.3 Å². The number of carbonyl (C=O) groups excluding carboxylic acids is 1. The first-order chi connectivity index (χ1) is 20.0. The number of aryl methyl sites for hydroxylation is 3. The molecule has 1 fully saturated rings. The number of ketones is 1. The first-order valence-corrected chi connectivity index (χ1v) is 13.7. The zero-order chi connectivity index (χ0) is 29.8. The number of alkyl halides is 3. The zero-order valence-corrected chi connectivity index (χ0v) is 25.0. The van der Waals surface area contributed by atoms with Crippen LogP contribution in [0.3, 0.4) is 0 Å². The smallest absolute Gasteiger partial charge is 0.435 e. The predicted octanol–water partition coefficient (Wildman–Crippen LogP) is 4.02. The molecule has 1 aromatic carbocycles. The van der Waals surface area contributed by atoms with Gasteiger partial charge in [0.25, 0.3) is 0 Å². The second-order valence-electron chi connectivity index (χ2n) is 11.0. The molecule has 1 atom stereocenters. The van der Waals surface area contributed by atoms with Crippen LogP contribution in [0.1, 0.15) is 38.8 Å². The fraction of sp³-hybridized carbons (Fsp3) is 0.414. The molecular weight excluding hydrogens is 585 g/mol. The number of ether oxygens (including phenoxy) is 1. The molecule has 2 aliphatic rings. The van der Waals surface area contributed by atoms with Crippen molar-refractivity contribution in [3.8, 4) is 16.9 Å². The Labute approximate surface area is 252 Å². The van der Waals surface area contributed by atoms with Crippen molar-refractivity contribution in [2.45, 2.75) is 39.0 Å². The van der Waals surface area contributed by atoms with Crippen LogP contribution in [0.2, 0.25) is 0 Å². The van der Waals surface area contributed by atoms with Crippen LogP contribution in [0.15, 0.2) is 36.8 Å². The summed E-state index contributed by atoms with van der Waals surface area (Å²) in [5, 5.41) is 6.91. The molecule has 3 aromatic heterocycles. The van der Waals surface area contributed by atoms with Gasteiger partial charge in [0.2, 0.25) is 5.95 Å². The standard InChI is InChI=1S/C29H31F3N8O2.ClH/c1-16-7-20(36-28(35-16)40-12-21(13-40)33-3)10-19-15-42-26-22(24-14-38(4)37-27(24)29(30,31)32)8-18(9-23(26)25(19)41)11-39-6-5-34-17(39)2;/h5-9,14,19,21,33H,10-13,15H2,1-4H3;1H/t19-;/m0./s1.